The van der Waals surface area contributed by atoms with E-state index in [1.165, 1.54) is 0 Å². The number of pyridine rings is 1. The molecule has 0 aliphatic carbocycles. The van der Waals surface area contributed by atoms with Crippen molar-refractivity contribution >= 4 is 11.6 Å². The number of nitrogens with one attached hydrogen (secondary N) is 1. The number of carbonyl (C=O) groups is 1. The molecule has 0 radical (unpaired) electrons. The molecule has 1 aromatic heterocycles. The highest BCUT2D eigenvalue weighted by Gasteiger charge is 2.23. The van der Waals surface area contributed by atoms with Gasteiger partial charge in [-0.2, -0.15) is 4.57 Å². The van der Waals surface area contributed by atoms with Gasteiger partial charge in [0.15, 0.2) is 11.9 Å². The van der Waals surface area contributed by atoms with Gasteiger partial charge >= 0.3 is 0 Å². The molecule has 0 bridgehead atoms. The molecule has 3 nitrogen and oxygen atoms in total. The summed E-state index contributed by atoms with van der Waals surface area (Å²) in [6.07, 6.45) is 1.92. The molecule has 1 N–H and O–H groups in total. The SMILES string of the molecule is Cc1cccc[n+]1[C@H](C)C(=O)Nc1ccccc1. The van der Waals surface area contributed by atoms with Crippen molar-refractivity contribution in [2.45, 2.75) is 19.9 Å². The van der Waals surface area contributed by atoms with Crippen molar-refractivity contribution in [3.63, 3.8) is 0 Å². The van der Waals surface area contributed by atoms with Gasteiger partial charge in [-0.1, -0.05) is 24.3 Å². The molecule has 3 heteroatoms. The van der Waals surface area contributed by atoms with E-state index in [9.17, 15) is 4.79 Å². The van der Waals surface area contributed by atoms with Crippen LogP contribution in [0.25, 0.3) is 0 Å². The van der Waals surface area contributed by atoms with E-state index in [1.54, 1.807) is 0 Å². The number of para-hydroxylation sites is 1. The summed E-state index contributed by atoms with van der Waals surface area (Å²) >= 11 is 0. The first kappa shape index (κ1) is 12.3. The third-order valence-electron chi connectivity index (χ3n) is 2.94. The molecule has 92 valence electrons. The van der Waals surface area contributed by atoms with Crippen molar-refractivity contribution in [1.29, 1.82) is 0 Å². The molecule has 0 aliphatic heterocycles. The van der Waals surface area contributed by atoms with E-state index < -0.39 is 0 Å². The molecule has 0 saturated carbocycles. The largest absolute Gasteiger partial charge is 0.320 e. The number of hydrogen-bond acceptors (Lipinski definition) is 1. The predicted molar refractivity (Wildman–Crippen MR) is 71.2 cm³/mol. The lowest BCUT2D eigenvalue weighted by atomic mass is 10.2. The second-order valence-electron chi connectivity index (χ2n) is 4.28. The van der Waals surface area contributed by atoms with Gasteiger partial charge in [0, 0.05) is 31.7 Å². The van der Waals surface area contributed by atoms with Gasteiger partial charge in [-0.25, -0.2) is 0 Å². The second-order valence-corrected chi connectivity index (χ2v) is 4.28. The van der Waals surface area contributed by atoms with Crippen LogP contribution in [0.4, 0.5) is 5.69 Å². The number of rotatable bonds is 3. The quantitative estimate of drug-likeness (QED) is 0.823. The molecule has 1 aromatic carbocycles. The summed E-state index contributed by atoms with van der Waals surface area (Å²) in [5.41, 5.74) is 1.89. The van der Waals surface area contributed by atoms with Crippen molar-refractivity contribution in [2.24, 2.45) is 0 Å². The van der Waals surface area contributed by atoms with Gasteiger partial charge in [0.05, 0.1) is 0 Å². The Morgan fingerprint density at radius 1 is 1.11 bits per heavy atom. The predicted octanol–water partition coefficient (Wildman–Crippen LogP) is 2.48. The summed E-state index contributed by atoms with van der Waals surface area (Å²) in [6, 6.07) is 15.2. The first-order valence-electron chi connectivity index (χ1n) is 6.01. The Labute approximate surface area is 107 Å². The maximum Gasteiger partial charge on any atom is 0.293 e. The number of anilines is 1. The molecule has 1 heterocycles. The lowest BCUT2D eigenvalue weighted by Gasteiger charge is -2.10. The molecule has 18 heavy (non-hydrogen) atoms. The molecular formula is C15H17N2O+. The molecule has 2 aromatic rings. The highest BCUT2D eigenvalue weighted by Crippen LogP contribution is 2.08. The van der Waals surface area contributed by atoms with Crippen LogP contribution in [-0.2, 0) is 4.79 Å². The summed E-state index contributed by atoms with van der Waals surface area (Å²) in [7, 11) is 0. The summed E-state index contributed by atoms with van der Waals surface area (Å²) in [6.45, 7) is 3.89. The highest BCUT2D eigenvalue weighted by atomic mass is 16.2. The van der Waals surface area contributed by atoms with Crippen LogP contribution in [0, 0.1) is 6.92 Å². The summed E-state index contributed by atoms with van der Waals surface area (Å²) in [5.74, 6) is -0.0134. The molecule has 1 amide bonds. The molecule has 2 rings (SSSR count). The second kappa shape index (κ2) is 5.45. The average Bonchev–Trinajstić information content (AvgIpc) is 2.39. The van der Waals surface area contributed by atoms with Crippen LogP contribution >= 0.6 is 0 Å². The van der Waals surface area contributed by atoms with Gasteiger partial charge in [0.25, 0.3) is 5.91 Å². The molecule has 0 fully saturated rings. The van der Waals surface area contributed by atoms with Gasteiger partial charge in [0.2, 0.25) is 6.04 Å². The smallest absolute Gasteiger partial charge is 0.293 e. The molecule has 0 unspecified atom stereocenters. The molecule has 0 aliphatic rings. The summed E-state index contributed by atoms with van der Waals surface area (Å²) < 4.78 is 1.96. The monoisotopic (exact) mass is 241 g/mol. The Balaban J connectivity index is 2.13. The number of amides is 1. The minimum atomic E-state index is -0.230. The van der Waals surface area contributed by atoms with Crippen LogP contribution in [0.1, 0.15) is 18.7 Å². The Morgan fingerprint density at radius 3 is 2.44 bits per heavy atom. The van der Waals surface area contributed by atoms with E-state index in [0.29, 0.717) is 0 Å². The standard InChI is InChI=1S/C15H16N2O/c1-12-8-6-7-11-17(12)13(2)15(18)16-14-9-4-3-5-10-14/h3-11,13H,1-2H3/p+1/t13-/m1/s1. The van der Waals surface area contributed by atoms with Crippen LogP contribution in [0.15, 0.2) is 54.7 Å². The van der Waals surface area contributed by atoms with E-state index >= 15 is 0 Å². The van der Waals surface area contributed by atoms with Crippen LogP contribution in [0.2, 0.25) is 0 Å². The third kappa shape index (κ3) is 2.74. The molecule has 1 atom stereocenters. The van der Waals surface area contributed by atoms with Gasteiger partial charge < -0.3 is 5.32 Å². The van der Waals surface area contributed by atoms with Crippen LogP contribution < -0.4 is 9.88 Å². The number of benzene rings is 1. The highest BCUT2D eigenvalue weighted by molar-refractivity contribution is 5.92. The lowest BCUT2D eigenvalue weighted by Crippen LogP contribution is -2.46. The number of carbonyl (C=O) groups excluding carboxylic acids is 1. The van der Waals surface area contributed by atoms with E-state index in [-0.39, 0.29) is 11.9 Å². The first-order chi connectivity index (χ1) is 8.68. The van der Waals surface area contributed by atoms with Crippen LogP contribution in [-0.4, -0.2) is 5.91 Å². The fraction of sp³-hybridized carbons (Fsp3) is 0.200. The number of aromatic nitrogens is 1. The van der Waals surface area contributed by atoms with Crippen molar-refractivity contribution in [3.8, 4) is 0 Å². The fourth-order valence-electron chi connectivity index (χ4n) is 1.87. The minimum absolute atomic E-state index is 0.0134. The zero-order valence-corrected chi connectivity index (χ0v) is 10.6. The minimum Gasteiger partial charge on any atom is -0.320 e. The lowest BCUT2D eigenvalue weighted by molar-refractivity contribution is -0.711. The maximum absolute atomic E-state index is 12.1. The van der Waals surface area contributed by atoms with Crippen molar-refractivity contribution in [1.82, 2.24) is 0 Å². The van der Waals surface area contributed by atoms with Crippen molar-refractivity contribution in [3.05, 3.63) is 60.4 Å². The van der Waals surface area contributed by atoms with Crippen LogP contribution in [0.3, 0.4) is 0 Å². The van der Waals surface area contributed by atoms with E-state index in [4.69, 9.17) is 0 Å². The Morgan fingerprint density at radius 2 is 1.78 bits per heavy atom. The zero-order chi connectivity index (χ0) is 13.0. The van der Waals surface area contributed by atoms with Gasteiger partial charge in [-0.05, 0) is 12.1 Å². The zero-order valence-electron chi connectivity index (χ0n) is 10.6. The molecule has 0 spiro atoms. The Hall–Kier alpha value is -2.16. The average molecular weight is 241 g/mol. The Bertz CT molecular complexity index is 537. The summed E-state index contributed by atoms with van der Waals surface area (Å²) in [5, 5.41) is 2.91. The summed E-state index contributed by atoms with van der Waals surface area (Å²) in [4.78, 5) is 12.1. The number of nitrogens with zero attached hydrogens (tertiary/aromatic N) is 1. The molecule has 0 saturated heterocycles. The van der Waals surface area contributed by atoms with Gasteiger partial charge in [-0.3, -0.25) is 4.79 Å². The van der Waals surface area contributed by atoms with Crippen molar-refractivity contribution in [2.75, 3.05) is 5.32 Å². The van der Waals surface area contributed by atoms with Gasteiger partial charge in [0.1, 0.15) is 0 Å². The third-order valence-corrected chi connectivity index (χ3v) is 2.94. The maximum atomic E-state index is 12.1. The number of hydrogen-bond donors (Lipinski definition) is 1. The van der Waals surface area contributed by atoms with Crippen molar-refractivity contribution < 1.29 is 9.36 Å². The number of aryl methyl sites for hydroxylation is 1. The van der Waals surface area contributed by atoms with E-state index in [2.05, 4.69) is 5.32 Å². The normalized spacial score (nSPS) is 11.9. The first-order valence-corrected chi connectivity index (χ1v) is 6.01. The topological polar surface area (TPSA) is 33.0 Å². The fourth-order valence-corrected chi connectivity index (χ4v) is 1.87. The van der Waals surface area contributed by atoms with Gasteiger partial charge in [-0.15, -0.1) is 0 Å². The molecular weight excluding hydrogens is 224 g/mol. The van der Waals surface area contributed by atoms with E-state index in [0.717, 1.165) is 11.4 Å². The van der Waals surface area contributed by atoms with E-state index in [1.807, 2.05) is 73.1 Å². The Kier molecular flexibility index (Phi) is 3.72. The van der Waals surface area contributed by atoms with Crippen LogP contribution in [0.5, 0.6) is 0 Å².